The second-order valence-electron chi connectivity index (χ2n) is 4.65. The number of thiocarbonyl (C=S) groups is 1. The Balaban J connectivity index is 2.51. The third-order valence-electron chi connectivity index (χ3n) is 2.88. The molecule has 3 N–H and O–H groups in total. The molecule has 0 spiro atoms. The zero-order chi connectivity index (χ0) is 12.1. The minimum Gasteiger partial charge on any atom is -0.393 e. The summed E-state index contributed by atoms with van der Waals surface area (Å²) in [5.74, 6) is -0.288. The summed E-state index contributed by atoms with van der Waals surface area (Å²) < 4.78 is 0. The zero-order valence-electron chi connectivity index (χ0n) is 10.0. The summed E-state index contributed by atoms with van der Waals surface area (Å²) in [7, 11) is 0. The molecule has 92 valence electrons. The molecule has 1 rings (SSSR count). The predicted octanol–water partition coefficient (Wildman–Crippen LogP) is 1.06. The molecule has 5 heteroatoms. The first-order valence-electron chi connectivity index (χ1n) is 5.87. The van der Waals surface area contributed by atoms with Crippen molar-refractivity contribution in [1.82, 2.24) is 10.4 Å². The largest absolute Gasteiger partial charge is 0.393 e. The summed E-state index contributed by atoms with van der Waals surface area (Å²) in [6.07, 6.45) is 3.52. The topological polar surface area (TPSA) is 58.4 Å². The van der Waals surface area contributed by atoms with Crippen molar-refractivity contribution >= 4 is 23.1 Å². The van der Waals surface area contributed by atoms with Crippen molar-refractivity contribution in [1.29, 1.82) is 0 Å². The Kier molecular flexibility index (Phi) is 5.15. The van der Waals surface area contributed by atoms with E-state index in [0.717, 1.165) is 25.9 Å². The molecule has 0 aromatic rings. The quantitative estimate of drug-likeness (QED) is 0.725. The van der Waals surface area contributed by atoms with Gasteiger partial charge in [0.1, 0.15) is 0 Å². The van der Waals surface area contributed by atoms with Crippen LogP contribution in [0.25, 0.3) is 0 Å². The van der Waals surface area contributed by atoms with Gasteiger partial charge < -0.3 is 5.73 Å². The Morgan fingerprint density at radius 1 is 1.31 bits per heavy atom. The Labute approximate surface area is 103 Å². The molecule has 1 fully saturated rings. The number of hydrogen-bond acceptors (Lipinski definition) is 3. The van der Waals surface area contributed by atoms with E-state index >= 15 is 0 Å². The lowest BCUT2D eigenvalue weighted by molar-refractivity contribution is -0.129. The van der Waals surface area contributed by atoms with E-state index in [1.807, 2.05) is 18.9 Å². The molecule has 4 nitrogen and oxygen atoms in total. The second kappa shape index (κ2) is 6.15. The molecule has 1 unspecified atom stereocenters. The van der Waals surface area contributed by atoms with Gasteiger partial charge >= 0.3 is 0 Å². The molecule has 1 atom stereocenters. The van der Waals surface area contributed by atoms with E-state index in [4.69, 9.17) is 18.0 Å². The Bertz CT molecular complexity index is 262. The number of nitrogens with zero attached hydrogens (tertiary/aromatic N) is 1. The fourth-order valence-corrected chi connectivity index (χ4v) is 2.37. The maximum atomic E-state index is 12.0. The number of hydrazine groups is 1. The molecule has 1 aliphatic heterocycles. The molecule has 0 aliphatic carbocycles. The molecule has 1 saturated heterocycles. The van der Waals surface area contributed by atoms with E-state index in [2.05, 4.69) is 5.43 Å². The average molecular weight is 243 g/mol. The van der Waals surface area contributed by atoms with Crippen LogP contribution in [0.3, 0.4) is 0 Å². The number of piperidine rings is 1. The van der Waals surface area contributed by atoms with E-state index < -0.39 is 0 Å². The summed E-state index contributed by atoms with van der Waals surface area (Å²) in [5.41, 5.74) is 8.50. The van der Waals surface area contributed by atoms with Crippen LogP contribution < -0.4 is 11.2 Å². The van der Waals surface area contributed by atoms with E-state index in [1.165, 1.54) is 6.42 Å². The van der Waals surface area contributed by atoms with Gasteiger partial charge in [-0.05, 0) is 18.8 Å². The predicted molar refractivity (Wildman–Crippen MR) is 68.7 cm³/mol. The molecule has 0 bridgehead atoms. The summed E-state index contributed by atoms with van der Waals surface area (Å²) in [4.78, 5) is 12.3. The summed E-state index contributed by atoms with van der Waals surface area (Å²) >= 11 is 4.94. The maximum Gasteiger partial charge on any atom is 0.244 e. The van der Waals surface area contributed by atoms with E-state index in [0.29, 0.717) is 0 Å². The highest BCUT2D eigenvalue weighted by molar-refractivity contribution is 7.80. The van der Waals surface area contributed by atoms with Gasteiger partial charge in [-0.3, -0.25) is 10.2 Å². The lowest BCUT2D eigenvalue weighted by Gasteiger charge is -2.29. The Hall–Kier alpha value is -0.680. The van der Waals surface area contributed by atoms with Crippen molar-refractivity contribution in [2.45, 2.75) is 33.1 Å². The van der Waals surface area contributed by atoms with Crippen molar-refractivity contribution in [3.05, 3.63) is 0 Å². The van der Waals surface area contributed by atoms with Crippen LogP contribution in [0.15, 0.2) is 0 Å². The standard InChI is InChI=1S/C11H21N3OS/c1-8(2)9(10(12)16)11(15)13-14-6-4-3-5-7-14/h8-9H,3-7H2,1-2H3,(H2,12,16)(H,13,15). The van der Waals surface area contributed by atoms with Crippen molar-refractivity contribution in [2.24, 2.45) is 17.6 Å². The van der Waals surface area contributed by atoms with Crippen LogP contribution in [0.2, 0.25) is 0 Å². The van der Waals surface area contributed by atoms with E-state index in [-0.39, 0.29) is 22.7 Å². The first kappa shape index (κ1) is 13.4. The van der Waals surface area contributed by atoms with Crippen molar-refractivity contribution < 1.29 is 4.79 Å². The zero-order valence-corrected chi connectivity index (χ0v) is 10.8. The van der Waals surface area contributed by atoms with E-state index in [1.54, 1.807) is 0 Å². The SMILES string of the molecule is CC(C)C(C(=O)NN1CCCCC1)C(N)=S. The van der Waals surface area contributed by atoms with E-state index in [9.17, 15) is 4.79 Å². The van der Waals surface area contributed by atoms with Crippen LogP contribution in [0.1, 0.15) is 33.1 Å². The average Bonchev–Trinajstić information content (AvgIpc) is 2.17. The van der Waals surface area contributed by atoms with Gasteiger partial charge in [0.15, 0.2) is 0 Å². The molecule has 16 heavy (non-hydrogen) atoms. The van der Waals surface area contributed by atoms with Crippen LogP contribution in [-0.2, 0) is 4.79 Å². The molecule has 0 radical (unpaired) electrons. The number of amides is 1. The molecule has 0 aromatic carbocycles. The fourth-order valence-electron chi connectivity index (χ4n) is 1.99. The highest BCUT2D eigenvalue weighted by Gasteiger charge is 2.26. The van der Waals surface area contributed by atoms with Gasteiger partial charge in [-0.25, -0.2) is 5.01 Å². The first-order chi connectivity index (χ1) is 7.52. The minimum atomic E-state index is -0.364. The van der Waals surface area contributed by atoms with Crippen LogP contribution in [0.4, 0.5) is 0 Å². The van der Waals surface area contributed by atoms with Crippen LogP contribution >= 0.6 is 12.2 Å². The third kappa shape index (κ3) is 3.72. The van der Waals surface area contributed by atoms with Gasteiger partial charge in [0.05, 0.1) is 10.9 Å². The maximum absolute atomic E-state index is 12.0. The lowest BCUT2D eigenvalue weighted by atomic mass is 9.95. The van der Waals surface area contributed by atoms with Gasteiger partial charge in [0.25, 0.3) is 0 Å². The van der Waals surface area contributed by atoms with Gasteiger partial charge in [-0.15, -0.1) is 0 Å². The van der Waals surface area contributed by atoms with Gasteiger partial charge in [-0.1, -0.05) is 32.5 Å². The molecular formula is C11H21N3OS. The lowest BCUT2D eigenvalue weighted by Crippen LogP contribution is -2.50. The van der Waals surface area contributed by atoms with Crippen LogP contribution in [0.5, 0.6) is 0 Å². The van der Waals surface area contributed by atoms with Crippen molar-refractivity contribution in [2.75, 3.05) is 13.1 Å². The molecule has 1 amide bonds. The summed E-state index contributed by atoms with van der Waals surface area (Å²) in [5, 5.41) is 1.97. The van der Waals surface area contributed by atoms with Crippen molar-refractivity contribution in [3.8, 4) is 0 Å². The van der Waals surface area contributed by atoms with Crippen molar-refractivity contribution in [3.63, 3.8) is 0 Å². The molecular weight excluding hydrogens is 222 g/mol. The van der Waals surface area contributed by atoms with Crippen LogP contribution in [0, 0.1) is 11.8 Å². The molecule has 0 aromatic heterocycles. The van der Waals surface area contributed by atoms with Gasteiger partial charge in [0.2, 0.25) is 5.91 Å². The Morgan fingerprint density at radius 3 is 2.31 bits per heavy atom. The molecule has 1 heterocycles. The fraction of sp³-hybridized carbons (Fsp3) is 0.818. The first-order valence-corrected chi connectivity index (χ1v) is 6.28. The number of nitrogens with two attached hydrogens (primary N) is 1. The highest BCUT2D eigenvalue weighted by Crippen LogP contribution is 2.13. The Morgan fingerprint density at radius 2 is 1.88 bits per heavy atom. The summed E-state index contributed by atoms with van der Waals surface area (Å²) in [6.45, 7) is 5.76. The third-order valence-corrected chi connectivity index (χ3v) is 3.13. The second-order valence-corrected chi connectivity index (χ2v) is 5.12. The van der Waals surface area contributed by atoms with Crippen LogP contribution in [-0.4, -0.2) is 29.0 Å². The van der Waals surface area contributed by atoms with Gasteiger partial charge in [0, 0.05) is 13.1 Å². The number of nitrogens with one attached hydrogen (secondary N) is 1. The number of hydrogen-bond donors (Lipinski definition) is 2. The normalized spacial score (nSPS) is 19.4. The number of carbonyl (C=O) groups is 1. The van der Waals surface area contributed by atoms with Gasteiger partial charge in [-0.2, -0.15) is 0 Å². The summed E-state index contributed by atoms with van der Waals surface area (Å²) in [6, 6.07) is 0. The monoisotopic (exact) mass is 243 g/mol. The number of carbonyl (C=O) groups excluding carboxylic acids is 1. The molecule has 1 aliphatic rings. The number of rotatable bonds is 4. The minimum absolute atomic E-state index is 0.0654. The highest BCUT2D eigenvalue weighted by atomic mass is 32.1. The molecule has 0 saturated carbocycles. The smallest absolute Gasteiger partial charge is 0.244 e.